The third-order valence-electron chi connectivity index (χ3n) is 2.24. The molecule has 0 bridgehead atoms. The molecule has 0 amide bonds. The Bertz CT molecular complexity index is 412. The van der Waals surface area contributed by atoms with E-state index in [4.69, 9.17) is 10.4 Å². The van der Waals surface area contributed by atoms with Crippen molar-refractivity contribution >= 4 is 11.8 Å². The highest BCUT2D eigenvalue weighted by molar-refractivity contribution is 5.66. The minimum atomic E-state index is -0.749. The third kappa shape index (κ3) is 5.52. The van der Waals surface area contributed by atoms with E-state index in [9.17, 15) is 4.79 Å². The number of hydrogen-bond acceptors (Lipinski definition) is 4. The van der Waals surface area contributed by atoms with E-state index in [0.717, 1.165) is 19.4 Å². The lowest BCUT2D eigenvalue weighted by molar-refractivity contribution is -0.137. The Balaban J connectivity index is 2.18. The third-order valence-corrected chi connectivity index (χ3v) is 2.24. The van der Waals surface area contributed by atoms with E-state index in [1.165, 1.54) is 0 Å². The van der Waals surface area contributed by atoms with E-state index in [0.29, 0.717) is 17.9 Å². The number of aromatic nitrogens is 1. The number of nitriles is 1. The van der Waals surface area contributed by atoms with Crippen molar-refractivity contribution in [2.24, 2.45) is 0 Å². The van der Waals surface area contributed by atoms with Crippen molar-refractivity contribution in [2.75, 3.05) is 11.9 Å². The zero-order valence-electron chi connectivity index (χ0n) is 9.52. The molecule has 0 radical (unpaired) electrons. The van der Waals surface area contributed by atoms with E-state index in [1.807, 2.05) is 6.07 Å². The van der Waals surface area contributed by atoms with Gasteiger partial charge in [0, 0.05) is 13.0 Å². The fourth-order valence-corrected chi connectivity index (χ4v) is 1.39. The van der Waals surface area contributed by atoms with Gasteiger partial charge in [-0.15, -0.1) is 0 Å². The number of rotatable bonds is 7. The standard InChI is InChI=1S/C12H15N3O2/c13-9-10-5-4-6-11(15-10)14-8-3-1-2-7-12(16)17/h4-6H,1-3,7-8H2,(H,14,15)(H,16,17). The fourth-order valence-electron chi connectivity index (χ4n) is 1.39. The molecule has 0 atom stereocenters. The molecule has 0 fully saturated rings. The SMILES string of the molecule is N#Cc1cccc(NCCCCCC(=O)O)n1. The number of pyridine rings is 1. The highest BCUT2D eigenvalue weighted by Gasteiger charge is 1.98. The lowest BCUT2D eigenvalue weighted by atomic mass is 10.2. The molecular weight excluding hydrogens is 218 g/mol. The van der Waals surface area contributed by atoms with Gasteiger partial charge >= 0.3 is 5.97 Å². The summed E-state index contributed by atoms with van der Waals surface area (Å²) in [6, 6.07) is 7.20. The number of carboxylic acid groups (broad SMARTS) is 1. The summed E-state index contributed by atoms with van der Waals surface area (Å²) in [6.45, 7) is 0.738. The molecule has 0 aliphatic heterocycles. The predicted octanol–water partition coefficient (Wildman–Crippen LogP) is 2.01. The summed E-state index contributed by atoms with van der Waals surface area (Å²) < 4.78 is 0. The molecule has 0 saturated heterocycles. The van der Waals surface area contributed by atoms with Crippen LogP contribution >= 0.6 is 0 Å². The van der Waals surface area contributed by atoms with E-state index in [2.05, 4.69) is 10.3 Å². The van der Waals surface area contributed by atoms with Crippen LogP contribution in [-0.4, -0.2) is 22.6 Å². The minimum absolute atomic E-state index is 0.224. The summed E-state index contributed by atoms with van der Waals surface area (Å²) in [6.07, 6.45) is 2.69. The second-order valence-electron chi connectivity index (χ2n) is 3.65. The lowest BCUT2D eigenvalue weighted by Crippen LogP contribution is -2.04. The molecule has 17 heavy (non-hydrogen) atoms. The number of nitrogens with zero attached hydrogens (tertiary/aromatic N) is 2. The lowest BCUT2D eigenvalue weighted by Gasteiger charge is -2.04. The van der Waals surface area contributed by atoms with E-state index in [1.54, 1.807) is 18.2 Å². The molecule has 5 heteroatoms. The van der Waals surface area contributed by atoms with Gasteiger partial charge in [-0.3, -0.25) is 4.79 Å². The van der Waals surface area contributed by atoms with E-state index < -0.39 is 5.97 Å². The smallest absolute Gasteiger partial charge is 0.303 e. The van der Waals surface area contributed by atoms with E-state index in [-0.39, 0.29) is 6.42 Å². The highest BCUT2D eigenvalue weighted by Crippen LogP contribution is 2.05. The van der Waals surface area contributed by atoms with Crippen molar-refractivity contribution in [3.63, 3.8) is 0 Å². The maximum absolute atomic E-state index is 10.3. The summed E-state index contributed by atoms with van der Waals surface area (Å²) in [7, 11) is 0. The van der Waals surface area contributed by atoms with Gasteiger partial charge < -0.3 is 10.4 Å². The van der Waals surface area contributed by atoms with Crippen molar-refractivity contribution in [1.82, 2.24) is 4.98 Å². The Morgan fingerprint density at radius 1 is 1.41 bits per heavy atom. The predicted molar refractivity (Wildman–Crippen MR) is 63.5 cm³/mol. The van der Waals surface area contributed by atoms with Crippen LogP contribution in [0.4, 0.5) is 5.82 Å². The Kier molecular flexibility index (Phi) is 5.52. The van der Waals surface area contributed by atoms with Crippen molar-refractivity contribution < 1.29 is 9.90 Å². The average Bonchev–Trinajstić information content (AvgIpc) is 2.33. The first kappa shape index (κ1) is 13.0. The molecule has 1 heterocycles. The maximum atomic E-state index is 10.3. The van der Waals surface area contributed by atoms with E-state index >= 15 is 0 Å². The zero-order chi connectivity index (χ0) is 12.5. The number of aliphatic carboxylic acids is 1. The normalized spacial score (nSPS) is 9.59. The monoisotopic (exact) mass is 233 g/mol. The number of hydrogen-bond donors (Lipinski definition) is 2. The Hall–Kier alpha value is -2.09. The topological polar surface area (TPSA) is 86.0 Å². The molecule has 0 spiro atoms. The molecule has 0 aliphatic carbocycles. The minimum Gasteiger partial charge on any atom is -0.481 e. The molecule has 90 valence electrons. The van der Waals surface area contributed by atoms with Crippen molar-refractivity contribution in [2.45, 2.75) is 25.7 Å². The van der Waals surface area contributed by atoms with Crippen molar-refractivity contribution in [3.8, 4) is 6.07 Å². The number of nitrogens with one attached hydrogen (secondary N) is 1. The molecule has 0 saturated carbocycles. The van der Waals surface area contributed by atoms with Crippen molar-refractivity contribution in [1.29, 1.82) is 5.26 Å². The number of anilines is 1. The second-order valence-corrected chi connectivity index (χ2v) is 3.65. The van der Waals surface area contributed by atoms with Crippen LogP contribution in [0.2, 0.25) is 0 Å². The van der Waals surface area contributed by atoms with Gasteiger partial charge in [0.05, 0.1) is 0 Å². The van der Waals surface area contributed by atoms with Crippen LogP contribution in [0, 0.1) is 11.3 Å². The van der Waals surface area contributed by atoms with Crippen molar-refractivity contribution in [3.05, 3.63) is 23.9 Å². The van der Waals surface area contributed by atoms with Gasteiger partial charge in [0.25, 0.3) is 0 Å². The summed E-state index contributed by atoms with van der Waals surface area (Å²) in [5.41, 5.74) is 0.390. The quantitative estimate of drug-likeness (QED) is 0.703. The molecular formula is C12H15N3O2. The summed E-state index contributed by atoms with van der Waals surface area (Å²) in [4.78, 5) is 14.3. The number of carbonyl (C=O) groups is 1. The Labute approximate surface area is 100 Å². The van der Waals surface area contributed by atoms with Crippen LogP contribution in [0.1, 0.15) is 31.4 Å². The van der Waals surface area contributed by atoms with Crippen LogP contribution in [0.15, 0.2) is 18.2 Å². The highest BCUT2D eigenvalue weighted by atomic mass is 16.4. The molecule has 1 rings (SSSR count). The first-order chi connectivity index (χ1) is 8.22. The molecule has 0 aliphatic rings. The van der Waals surface area contributed by atoms with Gasteiger partial charge in [0.2, 0.25) is 0 Å². The number of carboxylic acids is 1. The van der Waals surface area contributed by atoms with Gasteiger partial charge in [-0.2, -0.15) is 5.26 Å². The molecule has 0 aromatic carbocycles. The largest absolute Gasteiger partial charge is 0.481 e. The van der Waals surface area contributed by atoms with Gasteiger partial charge in [-0.05, 0) is 25.0 Å². The maximum Gasteiger partial charge on any atom is 0.303 e. The molecule has 1 aromatic rings. The Morgan fingerprint density at radius 3 is 2.94 bits per heavy atom. The average molecular weight is 233 g/mol. The summed E-state index contributed by atoms with van der Waals surface area (Å²) in [5.74, 6) is -0.0661. The van der Waals surface area contributed by atoms with Gasteiger partial charge in [-0.1, -0.05) is 12.5 Å². The first-order valence-electron chi connectivity index (χ1n) is 5.55. The molecule has 1 aromatic heterocycles. The fraction of sp³-hybridized carbons (Fsp3) is 0.417. The summed E-state index contributed by atoms with van der Waals surface area (Å²) in [5, 5.41) is 20.2. The summed E-state index contributed by atoms with van der Waals surface area (Å²) >= 11 is 0. The van der Waals surface area contributed by atoms with Crippen LogP contribution < -0.4 is 5.32 Å². The second kappa shape index (κ2) is 7.23. The molecule has 5 nitrogen and oxygen atoms in total. The molecule has 2 N–H and O–H groups in total. The van der Waals surface area contributed by atoms with Gasteiger partial charge in [0.15, 0.2) is 0 Å². The number of unbranched alkanes of at least 4 members (excludes halogenated alkanes) is 2. The van der Waals surface area contributed by atoms with Gasteiger partial charge in [-0.25, -0.2) is 4.98 Å². The van der Waals surface area contributed by atoms with Crippen LogP contribution in [0.25, 0.3) is 0 Å². The van der Waals surface area contributed by atoms with Gasteiger partial charge in [0.1, 0.15) is 17.6 Å². The van der Waals surface area contributed by atoms with Crippen LogP contribution in [0.5, 0.6) is 0 Å². The molecule has 0 unspecified atom stereocenters. The Morgan fingerprint density at radius 2 is 2.24 bits per heavy atom. The van der Waals surface area contributed by atoms with Crippen LogP contribution in [0.3, 0.4) is 0 Å². The van der Waals surface area contributed by atoms with Crippen LogP contribution in [-0.2, 0) is 4.79 Å². The first-order valence-corrected chi connectivity index (χ1v) is 5.55. The zero-order valence-corrected chi connectivity index (χ0v) is 9.52.